The SMILES string of the molecule is c1ccc(-c2ccc(N(c3ccc(-c4ccc5oc6c7ccccc7n(-c7ccccc7)c6c5c4)cc3)c3ccc4sc5ccccc5c4c3)cc2)cc1.c1ccc(N(c2ccccc2)c2ccc(-c3ccc4c(c3)oc3c5c6ccccc6ccc5n(-c5ccccc5)c43)cc2)cc1. The predicted molar refractivity (Wildman–Crippen MR) is 417 cm³/mol. The molecular formula is C92H60N4O2S. The van der Waals surface area contributed by atoms with Crippen molar-refractivity contribution in [2.24, 2.45) is 0 Å². The van der Waals surface area contributed by atoms with Crippen LogP contribution in [-0.2, 0) is 0 Å². The summed E-state index contributed by atoms with van der Waals surface area (Å²) >= 11 is 1.85. The van der Waals surface area contributed by atoms with Crippen LogP contribution in [0.1, 0.15) is 0 Å². The first-order valence-electron chi connectivity index (χ1n) is 33.5. The second-order valence-electron chi connectivity index (χ2n) is 25.1. The summed E-state index contributed by atoms with van der Waals surface area (Å²) in [7, 11) is 0. The molecule has 7 heteroatoms. The molecule has 0 radical (unpaired) electrons. The Morgan fingerprint density at radius 2 is 0.687 bits per heavy atom. The Hall–Kier alpha value is -12.9. The monoisotopic (exact) mass is 1280 g/mol. The zero-order valence-electron chi connectivity index (χ0n) is 53.7. The first-order chi connectivity index (χ1) is 49.1. The first kappa shape index (κ1) is 57.5. The number of thiophene rings is 1. The topological polar surface area (TPSA) is 42.6 Å². The molecule has 0 amide bonds. The molecule has 0 N–H and O–H groups in total. The summed E-state index contributed by atoms with van der Waals surface area (Å²) in [4.78, 5) is 4.65. The number of nitrogens with zero attached hydrogens (tertiary/aromatic N) is 4. The van der Waals surface area contributed by atoms with Crippen LogP contribution in [0.25, 0.3) is 142 Å². The largest absolute Gasteiger partial charge is 0.454 e. The third-order valence-electron chi connectivity index (χ3n) is 19.4. The molecule has 5 aromatic heterocycles. The molecule has 0 bridgehead atoms. The zero-order valence-corrected chi connectivity index (χ0v) is 54.5. The number of para-hydroxylation sites is 5. The highest BCUT2D eigenvalue weighted by Crippen LogP contribution is 2.46. The lowest BCUT2D eigenvalue weighted by Gasteiger charge is -2.26. The van der Waals surface area contributed by atoms with E-state index in [0.29, 0.717) is 0 Å². The van der Waals surface area contributed by atoms with Crippen LogP contribution in [0.4, 0.5) is 34.1 Å². The summed E-state index contributed by atoms with van der Waals surface area (Å²) in [6.45, 7) is 0. The molecule has 466 valence electrons. The van der Waals surface area contributed by atoms with Crippen molar-refractivity contribution in [2.45, 2.75) is 0 Å². The van der Waals surface area contributed by atoms with Crippen molar-refractivity contribution < 1.29 is 8.83 Å². The molecule has 0 aliphatic heterocycles. The highest BCUT2D eigenvalue weighted by Gasteiger charge is 2.24. The number of benzene rings is 15. The number of anilines is 6. The number of hydrogen-bond acceptors (Lipinski definition) is 5. The fourth-order valence-corrected chi connectivity index (χ4v) is 15.8. The molecule has 0 aliphatic rings. The maximum absolute atomic E-state index is 6.79. The van der Waals surface area contributed by atoms with Gasteiger partial charge in [0, 0.05) is 81.8 Å². The van der Waals surface area contributed by atoms with Crippen molar-refractivity contribution in [3.63, 3.8) is 0 Å². The normalized spacial score (nSPS) is 11.6. The summed E-state index contributed by atoms with van der Waals surface area (Å²) < 4.78 is 20.6. The molecule has 5 heterocycles. The van der Waals surface area contributed by atoms with E-state index < -0.39 is 0 Å². The minimum absolute atomic E-state index is 0.885. The summed E-state index contributed by atoms with van der Waals surface area (Å²) in [5.74, 6) is 0. The highest BCUT2D eigenvalue weighted by molar-refractivity contribution is 7.25. The average molecular weight is 1290 g/mol. The van der Waals surface area contributed by atoms with E-state index in [1.807, 2.05) is 11.3 Å². The van der Waals surface area contributed by atoms with Crippen LogP contribution >= 0.6 is 11.3 Å². The third kappa shape index (κ3) is 10.0. The fourth-order valence-electron chi connectivity index (χ4n) is 14.7. The standard InChI is InChI=1S/C50H32N2OS.C42H28N2O/c1-3-11-33(12-4-1)34-19-24-38(25-20-34)51(40-28-30-48-43(32-40)41-15-8-10-18-47(41)54-48)39-26-21-35(22-27-39)36-23-29-46-44(31-36)49-50(53-46)42-16-7-9-17-45(42)52(49)37-13-5-2-6-14-37;1-4-13-32(14-5-1)43(33-15-6-2-7-16-33)35-24-20-29(21-25-35)31-22-26-37-39(28-31)45-42-40-36-19-11-10-12-30(36)23-27-38(40)44(41(37)42)34-17-8-3-9-18-34/h1-32H;1-28H. The Balaban J connectivity index is 0.000000141. The molecule has 0 spiro atoms. The van der Waals surface area contributed by atoms with E-state index in [0.717, 1.165) is 134 Å². The molecule has 0 fully saturated rings. The Labute approximate surface area is 575 Å². The molecule has 0 saturated heterocycles. The average Bonchev–Trinajstić information content (AvgIpc) is 1.58. The lowest BCUT2D eigenvalue weighted by molar-refractivity contribution is 0.672. The van der Waals surface area contributed by atoms with Gasteiger partial charge in [-0.15, -0.1) is 11.3 Å². The first-order valence-corrected chi connectivity index (χ1v) is 34.3. The zero-order chi connectivity index (χ0) is 65.3. The molecule has 6 nitrogen and oxygen atoms in total. The van der Waals surface area contributed by atoms with Gasteiger partial charge in [-0.25, -0.2) is 0 Å². The van der Waals surface area contributed by atoms with E-state index in [1.165, 1.54) is 42.1 Å². The van der Waals surface area contributed by atoms with Gasteiger partial charge >= 0.3 is 0 Å². The maximum atomic E-state index is 6.79. The lowest BCUT2D eigenvalue weighted by atomic mass is 10.0. The lowest BCUT2D eigenvalue weighted by Crippen LogP contribution is -2.09. The van der Waals surface area contributed by atoms with Crippen molar-refractivity contribution >= 4 is 142 Å². The predicted octanol–water partition coefficient (Wildman–Crippen LogP) is 26.5. The number of fused-ring (bicyclic) bond motifs is 15. The molecule has 20 aromatic rings. The fraction of sp³-hybridized carbons (Fsp3) is 0. The van der Waals surface area contributed by atoms with E-state index in [1.54, 1.807) is 0 Å². The molecule has 0 atom stereocenters. The molecule has 15 aromatic carbocycles. The number of aromatic nitrogens is 2. The Morgan fingerprint density at radius 1 is 0.242 bits per heavy atom. The van der Waals surface area contributed by atoms with Crippen molar-refractivity contribution in [3.8, 4) is 44.8 Å². The smallest absolute Gasteiger partial charge is 0.162 e. The van der Waals surface area contributed by atoms with Gasteiger partial charge < -0.3 is 27.8 Å². The Morgan fingerprint density at radius 3 is 1.33 bits per heavy atom. The highest BCUT2D eigenvalue weighted by atomic mass is 32.1. The Bertz CT molecular complexity index is 6340. The summed E-state index contributed by atoms with van der Waals surface area (Å²) in [5, 5.41) is 9.45. The molecule has 99 heavy (non-hydrogen) atoms. The summed E-state index contributed by atoms with van der Waals surface area (Å²) in [5.41, 5.74) is 24.0. The minimum Gasteiger partial charge on any atom is -0.454 e. The van der Waals surface area contributed by atoms with Crippen molar-refractivity contribution in [1.82, 2.24) is 9.13 Å². The van der Waals surface area contributed by atoms with E-state index in [9.17, 15) is 0 Å². The molecule has 0 saturated carbocycles. The maximum Gasteiger partial charge on any atom is 0.162 e. The third-order valence-corrected chi connectivity index (χ3v) is 20.5. The van der Waals surface area contributed by atoms with Crippen LogP contribution < -0.4 is 9.80 Å². The number of rotatable bonds is 11. The molecule has 0 aliphatic carbocycles. The second-order valence-corrected chi connectivity index (χ2v) is 26.2. The van der Waals surface area contributed by atoms with Crippen LogP contribution in [-0.4, -0.2) is 9.13 Å². The van der Waals surface area contributed by atoms with Gasteiger partial charge in [0.15, 0.2) is 11.2 Å². The van der Waals surface area contributed by atoms with Crippen LogP contribution in [0.15, 0.2) is 373 Å². The van der Waals surface area contributed by atoms with Gasteiger partial charge in [0.25, 0.3) is 0 Å². The van der Waals surface area contributed by atoms with E-state index in [-0.39, 0.29) is 0 Å². The summed E-state index contributed by atoms with van der Waals surface area (Å²) in [6, 6.07) is 130. The van der Waals surface area contributed by atoms with Crippen LogP contribution in [0.3, 0.4) is 0 Å². The number of furan rings is 2. The number of hydrogen-bond donors (Lipinski definition) is 0. The second kappa shape index (κ2) is 24.1. The van der Waals surface area contributed by atoms with E-state index in [4.69, 9.17) is 8.83 Å². The van der Waals surface area contributed by atoms with Crippen molar-refractivity contribution in [3.05, 3.63) is 364 Å². The van der Waals surface area contributed by atoms with Crippen molar-refractivity contribution in [2.75, 3.05) is 9.80 Å². The van der Waals surface area contributed by atoms with Gasteiger partial charge in [0.05, 0.1) is 16.4 Å². The van der Waals surface area contributed by atoms with Gasteiger partial charge in [-0.1, -0.05) is 212 Å². The molecule has 20 rings (SSSR count). The Kier molecular flexibility index (Phi) is 14.0. The van der Waals surface area contributed by atoms with Crippen LogP contribution in [0, 0.1) is 0 Å². The van der Waals surface area contributed by atoms with Crippen molar-refractivity contribution in [1.29, 1.82) is 0 Å². The molecule has 0 unspecified atom stereocenters. The van der Waals surface area contributed by atoms with Gasteiger partial charge in [-0.3, -0.25) is 0 Å². The van der Waals surface area contributed by atoms with E-state index >= 15 is 0 Å². The van der Waals surface area contributed by atoms with Gasteiger partial charge in [-0.2, -0.15) is 0 Å². The van der Waals surface area contributed by atoms with Gasteiger partial charge in [0.1, 0.15) is 22.2 Å². The van der Waals surface area contributed by atoms with Gasteiger partial charge in [-0.05, 0) is 196 Å². The summed E-state index contributed by atoms with van der Waals surface area (Å²) in [6.07, 6.45) is 0. The van der Waals surface area contributed by atoms with Crippen LogP contribution in [0.2, 0.25) is 0 Å². The minimum atomic E-state index is 0.885. The van der Waals surface area contributed by atoms with Crippen LogP contribution in [0.5, 0.6) is 0 Å². The molecular weight excluding hydrogens is 1230 g/mol. The van der Waals surface area contributed by atoms with Gasteiger partial charge in [0.2, 0.25) is 0 Å². The van der Waals surface area contributed by atoms with E-state index in [2.05, 4.69) is 383 Å². The quantitative estimate of drug-likeness (QED) is 0.129.